The summed E-state index contributed by atoms with van der Waals surface area (Å²) in [5.41, 5.74) is 5.38. The minimum absolute atomic E-state index is 0.808. The Morgan fingerprint density at radius 1 is 1.08 bits per heavy atom. The third kappa shape index (κ3) is 9.88. The lowest BCUT2D eigenvalue weighted by Gasteiger charge is -2.02. The summed E-state index contributed by atoms with van der Waals surface area (Å²) in [7, 11) is 1.73. The van der Waals surface area contributed by atoms with E-state index in [9.17, 15) is 0 Å². The molecule has 0 aliphatic carbocycles. The van der Waals surface area contributed by atoms with Crippen LogP contribution in [0.2, 0.25) is 0 Å². The molecule has 0 spiro atoms. The van der Waals surface area contributed by atoms with Gasteiger partial charge in [0.2, 0.25) is 0 Å². The van der Waals surface area contributed by atoms with E-state index in [1.807, 2.05) is 0 Å². The van der Waals surface area contributed by atoms with Gasteiger partial charge in [0.1, 0.15) is 0 Å². The fourth-order valence-corrected chi connectivity index (χ4v) is 1.05. The highest BCUT2D eigenvalue weighted by Crippen LogP contribution is 1.96. The van der Waals surface area contributed by atoms with Crippen LogP contribution in [0.3, 0.4) is 0 Å². The Morgan fingerprint density at radius 3 is 2.50 bits per heavy atom. The van der Waals surface area contributed by atoms with E-state index in [-0.39, 0.29) is 0 Å². The van der Waals surface area contributed by atoms with E-state index in [2.05, 4.69) is 5.32 Å². The molecule has 0 radical (unpaired) electrons. The molecular weight excluding hydrogens is 152 g/mol. The van der Waals surface area contributed by atoms with E-state index in [1.54, 1.807) is 7.11 Å². The van der Waals surface area contributed by atoms with E-state index in [0.717, 1.165) is 32.7 Å². The van der Waals surface area contributed by atoms with E-state index >= 15 is 0 Å². The number of methoxy groups -OCH3 is 1. The molecular formula is C9H22N2O. The topological polar surface area (TPSA) is 47.3 Å². The number of hydrogen-bond acceptors (Lipinski definition) is 3. The van der Waals surface area contributed by atoms with Crippen molar-refractivity contribution in [3.63, 3.8) is 0 Å². The predicted molar refractivity (Wildman–Crippen MR) is 52.3 cm³/mol. The summed E-state index contributed by atoms with van der Waals surface area (Å²) in [5, 5.41) is 3.31. The highest BCUT2D eigenvalue weighted by Gasteiger charge is 1.88. The Morgan fingerprint density at radius 2 is 1.83 bits per heavy atom. The molecule has 0 unspecified atom stereocenters. The molecule has 74 valence electrons. The summed E-state index contributed by atoms with van der Waals surface area (Å²) in [6.07, 6.45) is 4.97. The quantitative estimate of drug-likeness (QED) is 0.507. The maximum Gasteiger partial charge on any atom is 0.0587 e. The first-order valence-corrected chi connectivity index (χ1v) is 4.81. The molecule has 3 heteroatoms. The summed E-state index contributed by atoms with van der Waals surface area (Å²) in [6, 6.07) is 0. The summed E-state index contributed by atoms with van der Waals surface area (Å²) >= 11 is 0. The first-order valence-electron chi connectivity index (χ1n) is 4.81. The highest BCUT2D eigenvalue weighted by atomic mass is 16.5. The molecule has 12 heavy (non-hydrogen) atoms. The smallest absolute Gasteiger partial charge is 0.0587 e. The minimum atomic E-state index is 0.808. The lowest BCUT2D eigenvalue weighted by atomic mass is 10.2. The Hall–Kier alpha value is -0.120. The zero-order chi connectivity index (χ0) is 9.07. The van der Waals surface area contributed by atoms with Gasteiger partial charge in [0, 0.05) is 13.7 Å². The zero-order valence-electron chi connectivity index (χ0n) is 8.14. The number of rotatable bonds is 9. The van der Waals surface area contributed by atoms with Crippen molar-refractivity contribution >= 4 is 0 Å². The highest BCUT2D eigenvalue weighted by molar-refractivity contribution is 4.48. The van der Waals surface area contributed by atoms with Gasteiger partial charge in [-0.05, 0) is 25.9 Å². The lowest BCUT2D eigenvalue weighted by molar-refractivity contribution is 0.199. The molecule has 0 amide bonds. The van der Waals surface area contributed by atoms with Crippen molar-refractivity contribution in [2.75, 3.05) is 33.4 Å². The molecule has 0 atom stereocenters. The van der Waals surface area contributed by atoms with E-state index < -0.39 is 0 Å². The van der Waals surface area contributed by atoms with Gasteiger partial charge in [-0.3, -0.25) is 0 Å². The summed E-state index contributed by atoms with van der Waals surface area (Å²) < 4.78 is 4.91. The van der Waals surface area contributed by atoms with Crippen molar-refractivity contribution < 1.29 is 4.74 Å². The second kappa shape index (κ2) is 10.9. The first kappa shape index (κ1) is 11.9. The van der Waals surface area contributed by atoms with Gasteiger partial charge in [-0.1, -0.05) is 12.8 Å². The Labute approximate surface area is 75.7 Å². The fraction of sp³-hybridized carbons (Fsp3) is 1.00. The van der Waals surface area contributed by atoms with E-state index in [1.165, 1.54) is 19.3 Å². The molecule has 0 aliphatic heterocycles. The van der Waals surface area contributed by atoms with Crippen molar-refractivity contribution in [2.45, 2.75) is 25.7 Å². The third-order valence-corrected chi connectivity index (χ3v) is 1.79. The van der Waals surface area contributed by atoms with Crippen molar-refractivity contribution in [1.82, 2.24) is 5.32 Å². The Balaban J connectivity index is 2.73. The van der Waals surface area contributed by atoms with Gasteiger partial charge in [0.25, 0.3) is 0 Å². The van der Waals surface area contributed by atoms with Crippen molar-refractivity contribution in [1.29, 1.82) is 0 Å². The van der Waals surface area contributed by atoms with Gasteiger partial charge < -0.3 is 15.8 Å². The molecule has 0 heterocycles. The number of nitrogens with one attached hydrogen (secondary N) is 1. The Bertz CT molecular complexity index is 68.9. The van der Waals surface area contributed by atoms with Crippen molar-refractivity contribution in [2.24, 2.45) is 5.73 Å². The van der Waals surface area contributed by atoms with E-state index in [0.29, 0.717) is 0 Å². The first-order chi connectivity index (χ1) is 5.91. The maximum atomic E-state index is 5.38. The molecule has 0 aliphatic rings. The molecule has 0 saturated heterocycles. The zero-order valence-corrected chi connectivity index (χ0v) is 8.14. The van der Waals surface area contributed by atoms with Gasteiger partial charge in [-0.25, -0.2) is 0 Å². The van der Waals surface area contributed by atoms with Crippen LogP contribution in [0.1, 0.15) is 25.7 Å². The number of unbranched alkanes of at least 4 members (excludes halogenated alkanes) is 3. The second-order valence-corrected chi connectivity index (χ2v) is 2.95. The summed E-state index contributed by atoms with van der Waals surface area (Å²) in [5.74, 6) is 0. The van der Waals surface area contributed by atoms with Crippen LogP contribution in [-0.4, -0.2) is 33.4 Å². The molecule has 0 saturated carbocycles. The van der Waals surface area contributed by atoms with Gasteiger partial charge in [-0.2, -0.15) is 0 Å². The van der Waals surface area contributed by atoms with Crippen LogP contribution < -0.4 is 11.1 Å². The summed E-state index contributed by atoms with van der Waals surface area (Å²) in [4.78, 5) is 0. The number of nitrogens with two attached hydrogens (primary N) is 1. The van der Waals surface area contributed by atoms with Crippen LogP contribution in [0.4, 0.5) is 0 Å². The van der Waals surface area contributed by atoms with Crippen LogP contribution in [0.15, 0.2) is 0 Å². The monoisotopic (exact) mass is 174 g/mol. The second-order valence-electron chi connectivity index (χ2n) is 2.95. The van der Waals surface area contributed by atoms with Gasteiger partial charge in [0.05, 0.1) is 6.61 Å². The molecule has 3 N–H and O–H groups in total. The van der Waals surface area contributed by atoms with Crippen LogP contribution in [0.5, 0.6) is 0 Å². The van der Waals surface area contributed by atoms with Crippen molar-refractivity contribution in [3.05, 3.63) is 0 Å². The van der Waals surface area contributed by atoms with Gasteiger partial charge in [0.15, 0.2) is 0 Å². The average molecular weight is 174 g/mol. The number of ether oxygens (including phenoxy) is 1. The molecule has 0 aromatic rings. The predicted octanol–water partition coefficient (Wildman–Crippen LogP) is 0.741. The third-order valence-electron chi connectivity index (χ3n) is 1.79. The molecule has 0 bridgehead atoms. The fourth-order valence-electron chi connectivity index (χ4n) is 1.05. The largest absolute Gasteiger partial charge is 0.383 e. The van der Waals surface area contributed by atoms with Gasteiger partial charge in [-0.15, -0.1) is 0 Å². The molecule has 0 rings (SSSR count). The number of hydrogen-bond donors (Lipinski definition) is 2. The van der Waals surface area contributed by atoms with Crippen LogP contribution in [-0.2, 0) is 4.74 Å². The van der Waals surface area contributed by atoms with Crippen LogP contribution in [0.25, 0.3) is 0 Å². The molecule has 3 nitrogen and oxygen atoms in total. The molecule has 0 aromatic carbocycles. The summed E-state index contributed by atoms with van der Waals surface area (Å²) in [6.45, 7) is 3.71. The molecule has 0 fully saturated rings. The van der Waals surface area contributed by atoms with Gasteiger partial charge >= 0.3 is 0 Å². The van der Waals surface area contributed by atoms with Crippen LogP contribution in [0, 0.1) is 0 Å². The molecule has 0 aromatic heterocycles. The maximum absolute atomic E-state index is 5.38. The minimum Gasteiger partial charge on any atom is -0.383 e. The SMILES string of the molecule is COCCNCCCCCCN. The average Bonchev–Trinajstić information content (AvgIpc) is 2.10. The lowest BCUT2D eigenvalue weighted by Crippen LogP contribution is -2.20. The van der Waals surface area contributed by atoms with Crippen molar-refractivity contribution in [3.8, 4) is 0 Å². The standard InChI is InChI=1S/C9H22N2O/c1-12-9-8-11-7-5-3-2-4-6-10/h11H,2-10H2,1H3. The Kier molecular flexibility index (Phi) is 10.8. The van der Waals surface area contributed by atoms with E-state index in [4.69, 9.17) is 10.5 Å². The normalized spacial score (nSPS) is 10.5. The van der Waals surface area contributed by atoms with Crippen LogP contribution >= 0.6 is 0 Å².